The molecule has 4 nitrogen and oxygen atoms in total. The summed E-state index contributed by atoms with van der Waals surface area (Å²) < 4.78 is 7.09. The first-order chi connectivity index (χ1) is 17.7. The maximum Gasteiger partial charge on any atom is 0.194 e. The molecular weight excluding hydrogens is 464 g/mol. The van der Waals surface area contributed by atoms with Crippen LogP contribution in [-0.2, 0) is 0 Å². The number of carbonyl (C=O) groups is 1. The molecule has 36 heavy (non-hydrogen) atoms. The van der Waals surface area contributed by atoms with Crippen LogP contribution in [0.3, 0.4) is 0 Å². The molecule has 0 N–H and O–H groups in total. The van der Waals surface area contributed by atoms with Crippen molar-refractivity contribution in [2.24, 2.45) is 0 Å². The van der Waals surface area contributed by atoms with Crippen molar-refractivity contribution in [3.05, 3.63) is 118 Å². The highest BCUT2D eigenvalue weighted by atomic mass is 32.1. The zero-order valence-corrected chi connectivity index (χ0v) is 19.7. The number of furan rings is 1. The number of hydrogen-bond donors (Lipinski definition) is 0. The number of thiophene rings is 1. The van der Waals surface area contributed by atoms with E-state index in [4.69, 9.17) is 4.42 Å². The number of benzene rings is 3. The van der Waals surface area contributed by atoms with Crippen LogP contribution in [0.25, 0.3) is 44.4 Å². The summed E-state index contributed by atoms with van der Waals surface area (Å²) in [6.45, 7) is 0. The van der Waals surface area contributed by atoms with Gasteiger partial charge in [0, 0.05) is 33.2 Å². The summed E-state index contributed by atoms with van der Waals surface area (Å²) in [5, 5.41) is 19.0. The highest BCUT2D eigenvalue weighted by Crippen LogP contribution is 2.41. The molecule has 0 saturated carbocycles. The number of hydrogen-bond acceptors (Lipinski definition) is 5. The van der Waals surface area contributed by atoms with Gasteiger partial charge in [0.2, 0.25) is 0 Å². The molecule has 168 valence electrons. The van der Waals surface area contributed by atoms with Crippen LogP contribution in [0.1, 0.15) is 20.8 Å². The molecule has 0 atom stereocenters. The van der Waals surface area contributed by atoms with Crippen LogP contribution in [0.2, 0.25) is 0 Å². The standard InChI is InChI=1S/C31H16N2O2S/c32-17-22(18-33)30-24-8-4-5-9-25(24)31(34)26(30)14-23-15-28-29(36-23)16-27(35-28)21-12-10-20(11-13-21)19-6-2-1-3-7-19/h1-16H/b26-14-. The molecule has 0 spiro atoms. The molecule has 0 unspecified atom stereocenters. The largest absolute Gasteiger partial charge is 0.455 e. The Hall–Kier alpha value is -4.97. The Balaban J connectivity index is 1.35. The fourth-order valence-corrected chi connectivity index (χ4v) is 5.48. The molecule has 0 saturated heterocycles. The van der Waals surface area contributed by atoms with Gasteiger partial charge in [0.1, 0.15) is 29.1 Å². The van der Waals surface area contributed by atoms with Gasteiger partial charge in [-0.1, -0.05) is 78.9 Å². The molecule has 6 rings (SSSR count). The number of nitriles is 2. The molecule has 0 amide bonds. The van der Waals surface area contributed by atoms with Gasteiger partial charge in [-0.25, -0.2) is 0 Å². The van der Waals surface area contributed by atoms with Crippen molar-refractivity contribution in [3.63, 3.8) is 0 Å². The van der Waals surface area contributed by atoms with E-state index in [1.54, 1.807) is 30.3 Å². The summed E-state index contributed by atoms with van der Waals surface area (Å²) in [5.41, 5.74) is 5.81. The van der Waals surface area contributed by atoms with E-state index in [0.29, 0.717) is 22.3 Å². The van der Waals surface area contributed by atoms with Crippen LogP contribution in [-0.4, -0.2) is 5.78 Å². The SMILES string of the molecule is N#CC(C#N)=C1/C(=C/c2cc3oc(-c4ccc(-c5ccccc5)cc4)cc3s2)C(=O)c2ccccc21. The van der Waals surface area contributed by atoms with Crippen molar-refractivity contribution in [1.29, 1.82) is 10.5 Å². The molecule has 3 aromatic carbocycles. The van der Waals surface area contributed by atoms with Crippen LogP contribution >= 0.6 is 11.3 Å². The van der Waals surface area contributed by atoms with E-state index in [1.165, 1.54) is 11.3 Å². The van der Waals surface area contributed by atoms with Gasteiger partial charge in [0.25, 0.3) is 0 Å². The molecule has 0 radical (unpaired) electrons. The van der Waals surface area contributed by atoms with Crippen molar-refractivity contribution < 1.29 is 9.21 Å². The topological polar surface area (TPSA) is 77.8 Å². The van der Waals surface area contributed by atoms with Gasteiger partial charge < -0.3 is 4.42 Å². The number of ketones is 1. The molecule has 1 aliphatic rings. The molecular formula is C31H16N2O2S. The molecule has 5 aromatic rings. The van der Waals surface area contributed by atoms with E-state index in [2.05, 4.69) is 24.3 Å². The van der Waals surface area contributed by atoms with Gasteiger partial charge in [0.15, 0.2) is 5.78 Å². The van der Waals surface area contributed by atoms with Gasteiger partial charge >= 0.3 is 0 Å². The maximum atomic E-state index is 13.1. The molecule has 2 heterocycles. The van der Waals surface area contributed by atoms with Crippen LogP contribution in [0.5, 0.6) is 0 Å². The first-order valence-corrected chi connectivity index (χ1v) is 12.1. The predicted octanol–water partition coefficient (Wildman–Crippen LogP) is 7.91. The zero-order valence-electron chi connectivity index (χ0n) is 18.9. The summed E-state index contributed by atoms with van der Waals surface area (Å²) in [6, 6.07) is 33.3. The number of nitrogens with zero attached hydrogens (tertiary/aromatic N) is 2. The number of allylic oxidation sites excluding steroid dienone is 3. The predicted molar refractivity (Wildman–Crippen MR) is 142 cm³/mol. The van der Waals surface area contributed by atoms with Gasteiger partial charge in [-0.05, 0) is 28.8 Å². The Bertz CT molecular complexity index is 1760. The average molecular weight is 481 g/mol. The number of rotatable bonds is 3. The summed E-state index contributed by atoms with van der Waals surface area (Å²) in [7, 11) is 0. The quantitative estimate of drug-likeness (QED) is 0.194. The van der Waals surface area contributed by atoms with Crippen molar-refractivity contribution in [2.75, 3.05) is 0 Å². The summed E-state index contributed by atoms with van der Waals surface area (Å²) >= 11 is 1.50. The van der Waals surface area contributed by atoms with Gasteiger partial charge in [-0.15, -0.1) is 11.3 Å². The van der Waals surface area contributed by atoms with E-state index in [0.717, 1.165) is 37.6 Å². The minimum Gasteiger partial charge on any atom is -0.455 e. The Morgan fingerprint density at radius 1 is 0.778 bits per heavy atom. The Morgan fingerprint density at radius 3 is 2.11 bits per heavy atom. The molecule has 0 aliphatic heterocycles. The zero-order chi connectivity index (χ0) is 24.6. The fourth-order valence-electron chi connectivity index (χ4n) is 4.51. The number of carbonyl (C=O) groups excluding carboxylic acids is 1. The normalized spacial score (nSPS) is 13.6. The third kappa shape index (κ3) is 3.56. The van der Waals surface area contributed by atoms with Crippen molar-refractivity contribution in [1.82, 2.24) is 0 Å². The maximum absolute atomic E-state index is 13.1. The lowest BCUT2D eigenvalue weighted by atomic mass is 9.99. The minimum atomic E-state index is -0.187. The molecule has 2 aromatic heterocycles. The Kier molecular flexibility index (Phi) is 5.19. The average Bonchev–Trinajstić information content (AvgIpc) is 3.57. The van der Waals surface area contributed by atoms with Gasteiger partial charge in [0.05, 0.1) is 4.70 Å². The van der Waals surface area contributed by atoms with Crippen LogP contribution in [0.4, 0.5) is 0 Å². The minimum absolute atomic E-state index is 0.0685. The lowest BCUT2D eigenvalue weighted by Crippen LogP contribution is -1.95. The fraction of sp³-hybridized carbons (Fsp3) is 0. The number of fused-ring (bicyclic) bond motifs is 2. The van der Waals surface area contributed by atoms with Gasteiger partial charge in [-0.3, -0.25) is 4.79 Å². The monoisotopic (exact) mass is 480 g/mol. The molecule has 1 aliphatic carbocycles. The van der Waals surface area contributed by atoms with Crippen LogP contribution in [0.15, 0.2) is 107 Å². The number of Topliss-reactive ketones (excluding diaryl/α,β-unsaturated/α-hetero) is 1. The van der Waals surface area contributed by atoms with E-state index < -0.39 is 0 Å². The van der Waals surface area contributed by atoms with Crippen molar-refractivity contribution >= 4 is 39.1 Å². The van der Waals surface area contributed by atoms with Crippen LogP contribution < -0.4 is 0 Å². The van der Waals surface area contributed by atoms with Crippen molar-refractivity contribution in [2.45, 2.75) is 0 Å². The second-order valence-corrected chi connectivity index (χ2v) is 9.45. The highest BCUT2D eigenvalue weighted by Gasteiger charge is 2.32. The first kappa shape index (κ1) is 21.6. The highest BCUT2D eigenvalue weighted by molar-refractivity contribution is 7.19. The van der Waals surface area contributed by atoms with Crippen molar-refractivity contribution in [3.8, 4) is 34.6 Å². The van der Waals surface area contributed by atoms with E-state index in [9.17, 15) is 15.3 Å². The Morgan fingerprint density at radius 2 is 1.42 bits per heavy atom. The lowest BCUT2D eigenvalue weighted by molar-refractivity contribution is 0.104. The smallest absolute Gasteiger partial charge is 0.194 e. The third-order valence-electron chi connectivity index (χ3n) is 6.22. The first-order valence-electron chi connectivity index (χ1n) is 11.3. The Labute approximate surface area is 211 Å². The van der Waals surface area contributed by atoms with Crippen LogP contribution in [0, 0.1) is 22.7 Å². The summed E-state index contributed by atoms with van der Waals surface area (Å²) in [6.07, 6.45) is 1.75. The summed E-state index contributed by atoms with van der Waals surface area (Å²) in [4.78, 5) is 13.9. The molecule has 0 bridgehead atoms. The second-order valence-electron chi connectivity index (χ2n) is 8.34. The van der Waals surface area contributed by atoms with E-state index >= 15 is 0 Å². The second kappa shape index (κ2) is 8.67. The van der Waals surface area contributed by atoms with E-state index in [1.807, 2.05) is 54.6 Å². The lowest BCUT2D eigenvalue weighted by Gasteiger charge is -2.02. The molecule has 5 heteroatoms. The van der Waals surface area contributed by atoms with E-state index in [-0.39, 0.29) is 11.4 Å². The third-order valence-corrected chi connectivity index (χ3v) is 7.23. The summed E-state index contributed by atoms with van der Waals surface area (Å²) in [5.74, 6) is 0.587. The van der Waals surface area contributed by atoms with Gasteiger partial charge in [-0.2, -0.15) is 10.5 Å². The molecule has 0 fully saturated rings.